The second-order valence-electron chi connectivity index (χ2n) is 5.36. The van der Waals surface area contributed by atoms with E-state index in [4.69, 9.17) is 9.84 Å². The van der Waals surface area contributed by atoms with E-state index in [1.165, 1.54) is 0 Å². The Bertz CT molecular complexity index is 599. The van der Waals surface area contributed by atoms with Crippen molar-refractivity contribution in [1.29, 1.82) is 0 Å². The molecule has 23 heavy (non-hydrogen) atoms. The Hall–Kier alpha value is -2.40. The van der Waals surface area contributed by atoms with Gasteiger partial charge in [-0.25, -0.2) is 0 Å². The number of carbonyl (C=O) groups is 1. The van der Waals surface area contributed by atoms with Crippen LogP contribution < -0.4 is 4.74 Å². The lowest BCUT2D eigenvalue weighted by Crippen LogP contribution is -2.30. The quantitative estimate of drug-likeness (QED) is 0.771. The minimum absolute atomic E-state index is 0.0613. The van der Waals surface area contributed by atoms with Crippen molar-refractivity contribution in [2.75, 3.05) is 13.1 Å². The number of pyridine rings is 1. The number of hydrogen-bond donors (Lipinski definition) is 1. The summed E-state index contributed by atoms with van der Waals surface area (Å²) in [5.74, 6) is -0.0200. The second kappa shape index (κ2) is 8.90. The van der Waals surface area contributed by atoms with Gasteiger partial charge in [-0.1, -0.05) is 25.1 Å². The maximum absolute atomic E-state index is 10.9. The molecule has 0 aliphatic rings. The number of ether oxygens (including phenoxy) is 1. The van der Waals surface area contributed by atoms with Crippen LogP contribution in [0.15, 0.2) is 48.7 Å². The number of hydrogen-bond acceptors (Lipinski definition) is 4. The SMILES string of the molecule is CCCN(CC(=O)O)Cc1ccc(OCc2ccccn2)cc1. The Morgan fingerprint density at radius 1 is 1.22 bits per heavy atom. The zero-order valence-corrected chi connectivity index (χ0v) is 13.3. The Morgan fingerprint density at radius 2 is 2.00 bits per heavy atom. The molecule has 0 spiro atoms. The average Bonchev–Trinajstić information content (AvgIpc) is 2.55. The van der Waals surface area contributed by atoms with Gasteiger partial charge < -0.3 is 9.84 Å². The van der Waals surface area contributed by atoms with E-state index in [1.807, 2.05) is 54.3 Å². The molecule has 5 heteroatoms. The fourth-order valence-electron chi connectivity index (χ4n) is 2.31. The third kappa shape index (κ3) is 6.08. The van der Waals surface area contributed by atoms with Crippen molar-refractivity contribution in [1.82, 2.24) is 9.88 Å². The maximum atomic E-state index is 10.9. The lowest BCUT2D eigenvalue weighted by molar-refractivity contribution is -0.138. The first-order valence-corrected chi connectivity index (χ1v) is 7.73. The Labute approximate surface area is 136 Å². The molecule has 2 aromatic rings. The average molecular weight is 314 g/mol. The lowest BCUT2D eigenvalue weighted by atomic mass is 10.2. The molecule has 1 aromatic heterocycles. The molecule has 5 nitrogen and oxygen atoms in total. The second-order valence-corrected chi connectivity index (χ2v) is 5.36. The summed E-state index contributed by atoms with van der Waals surface area (Å²) in [5.41, 5.74) is 1.96. The topological polar surface area (TPSA) is 62.7 Å². The molecule has 0 atom stereocenters. The van der Waals surface area contributed by atoms with E-state index in [-0.39, 0.29) is 6.54 Å². The van der Waals surface area contributed by atoms with Crippen molar-refractivity contribution >= 4 is 5.97 Å². The number of aliphatic carboxylic acids is 1. The zero-order valence-electron chi connectivity index (χ0n) is 13.3. The van der Waals surface area contributed by atoms with Gasteiger partial charge in [0.25, 0.3) is 0 Å². The molecule has 0 amide bonds. The highest BCUT2D eigenvalue weighted by Crippen LogP contribution is 2.15. The minimum Gasteiger partial charge on any atom is -0.487 e. The van der Waals surface area contributed by atoms with Crippen LogP contribution in [-0.2, 0) is 17.9 Å². The lowest BCUT2D eigenvalue weighted by Gasteiger charge is -2.19. The van der Waals surface area contributed by atoms with E-state index in [0.29, 0.717) is 13.2 Å². The predicted molar refractivity (Wildman–Crippen MR) is 88.2 cm³/mol. The van der Waals surface area contributed by atoms with Crippen molar-refractivity contribution in [3.05, 3.63) is 59.9 Å². The summed E-state index contributed by atoms with van der Waals surface area (Å²) >= 11 is 0. The first-order valence-electron chi connectivity index (χ1n) is 7.73. The largest absolute Gasteiger partial charge is 0.487 e. The fraction of sp³-hybridized carbons (Fsp3) is 0.333. The van der Waals surface area contributed by atoms with Crippen LogP contribution in [-0.4, -0.2) is 34.0 Å². The molecule has 122 valence electrons. The van der Waals surface area contributed by atoms with Gasteiger partial charge in [-0.15, -0.1) is 0 Å². The monoisotopic (exact) mass is 314 g/mol. The van der Waals surface area contributed by atoms with Gasteiger partial charge in [0.15, 0.2) is 0 Å². The number of benzene rings is 1. The van der Waals surface area contributed by atoms with Crippen LogP contribution in [0.4, 0.5) is 0 Å². The van der Waals surface area contributed by atoms with E-state index in [0.717, 1.165) is 30.0 Å². The molecule has 0 aliphatic heterocycles. The van der Waals surface area contributed by atoms with Gasteiger partial charge >= 0.3 is 5.97 Å². The molecule has 2 rings (SSSR count). The van der Waals surface area contributed by atoms with E-state index in [1.54, 1.807) is 6.20 Å². The third-order valence-corrected chi connectivity index (χ3v) is 3.34. The molecule has 0 aliphatic carbocycles. The van der Waals surface area contributed by atoms with Crippen molar-refractivity contribution in [2.24, 2.45) is 0 Å². The van der Waals surface area contributed by atoms with Gasteiger partial charge in [-0.2, -0.15) is 0 Å². The van der Waals surface area contributed by atoms with Crippen molar-refractivity contribution in [3.63, 3.8) is 0 Å². The van der Waals surface area contributed by atoms with E-state index >= 15 is 0 Å². The summed E-state index contributed by atoms with van der Waals surface area (Å²) in [6, 6.07) is 13.5. The number of nitrogens with zero attached hydrogens (tertiary/aromatic N) is 2. The zero-order chi connectivity index (χ0) is 16.5. The molecule has 0 fully saturated rings. The van der Waals surface area contributed by atoms with E-state index in [9.17, 15) is 4.79 Å². The summed E-state index contributed by atoms with van der Waals surface area (Å²) in [4.78, 5) is 17.0. The van der Waals surface area contributed by atoms with Crippen molar-refractivity contribution in [2.45, 2.75) is 26.5 Å². The van der Waals surface area contributed by atoms with Gasteiger partial charge in [-0.3, -0.25) is 14.7 Å². The summed E-state index contributed by atoms with van der Waals surface area (Å²) in [5, 5.41) is 8.94. The van der Waals surface area contributed by atoms with E-state index in [2.05, 4.69) is 4.98 Å². The van der Waals surface area contributed by atoms with Crippen molar-refractivity contribution in [3.8, 4) is 5.75 Å². The Morgan fingerprint density at radius 3 is 2.61 bits per heavy atom. The van der Waals surface area contributed by atoms with Crippen LogP contribution in [0.2, 0.25) is 0 Å². The molecule has 0 bridgehead atoms. The van der Waals surface area contributed by atoms with Crippen LogP contribution in [0.3, 0.4) is 0 Å². The molecular formula is C18H22N2O3. The molecule has 0 unspecified atom stereocenters. The van der Waals surface area contributed by atoms with Crippen LogP contribution in [0.25, 0.3) is 0 Å². The molecule has 0 saturated heterocycles. The van der Waals surface area contributed by atoms with Gasteiger partial charge in [-0.05, 0) is 42.8 Å². The summed E-state index contributed by atoms with van der Waals surface area (Å²) in [6.45, 7) is 3.93. The van der Waals surface area contributed by atoms with Crippen LogP contribution >= 0.6 is 0 Å². The van der Waals surface area contributed by atoms with Gasteiger partial charge in [0.05, 0.1) is 12.2 Å². The van der Waals surface area contributed by atoms with Crippen LogP contribution in [0, 0.1) is 0 Å². The number of aromatic nitrogens is 1. The van der Waals surface area contributed by atoms with Crippen molar-refractivity contribution < 1.29 is 14.6 Å². The summed E-state index contributed by atoms with van der Waals surface area (Å²) in [6.07, 6.45) is 2.67. The van der Waals surface area contributed by atoms with Gasteiger partial charge in [0.1, 0.15) is 12.4 Å². The highest BCUT2D eigenvalue weighted by molar-refractivity contribution is 5.69. The smallest absolute Gasteiger partial charge is 0.317 e. The minimum atomic E-state index is -0.797. The third-order valence-electron chi connectivity index (χ3n) is 3.34. The van der Waals surface area contributed by atoms with Gasteiger partial charge in [0, 0.05) is 12.7 Å². The van der Waals surface area contributed by atoms with Crippen LogP contribution in [0.1, 0.15) is 24.6 Å². The normalized spacial score (nSPS) is 10.7. The Kier molecular flexibility index (Phi) is 6.56. The first-order chi connectivity index (χ1) is 11.2. The van der Waals surface area contributed by atoms with Gasteiger partial charge in [0.2, 0.25) is 0 Å². The molecule has 1 heterocycles. The molecular weight excluding hydrogens is 292 g/mol. The Balaban J connectivity index is 1.89. The molecule has 1 aromatic carbocycles. The highest BCUT2D eigenvalue weighted by atomic mass is 16.5. The fourth-order valence-corrected chi connectivity index (χ4v) is 2.31. The molecule has 1 N–H and O–H groups in total. The standard InChI is InChI=1S/C18H22N2O3/c1-2-11-20(13-18(21)22)12-15-6-8-17(9-7-15)23-14-16-5-3-4-10-19-16/h3-10H,2,11-14H2,1H3,(H,21,22). The number of carboxylic acids is 1. The summed E-state index contributed by atoms with van der Waals surface area (Å²) in [7, 11) is 0. The molecule has 0 saturated carbocycles. The maximum Gasteiger partial charge on any atom is 0.317 e. The number of rotatable bonds is 9. The molecule has 0 radical (unpaired) electrons. The van der Waals surface area contributed by atoms with E-state index < -0.39 is 5.97 Å². The number of carboxylic acid groups (broad SMARTS) is 1. The first kappa shape index (κ1) is 17.0. The summed E-state index contributed by atoms with van der Waals surface area (Å²) < 4.78 is 5.69. The highest BCUT2D eigenvalue weighted by Gasteiger charge is 2.09. The predicted octanol–water partition coefficient (Wildman–Crippen LogP) is 2.96. The van der Waals surface area contributed by atoms with Crippen LogP contribution in [0.5, 0.6) is 5.75 Å².